The standard InChI is InChI=1S/C19H23N3O4/c1-21-17(14-3-5-15(24-2)6-4-14)13-16(20-21)18(23)22-9-7-19(8-10-22)25-11-12-26-19/h3-6,13H,7-12H2,1-2H3. The monoisotopic (exact) mass is 357 g/mol. The molecule has 7 nitrogen and oxygen atoms in total. The second-order valence-corrected chi connectivity index (χ2v) is 6.67. The highest BCUT2D eigenvalue weighted by atomic mass is 16.7. The molecule has 1 aromatic heterocycles. The van der Waals surface area contributed by atoms with Crippen LogP contribution in [0.15, 0.2) is 30.3 Å². The Labute approximate surface area is 152 Å². The van der Waals surface area contributed by atoms with Crippen molar-refractivity contribution in [2.75, 3.05) is 33.4 Å². The van der Waals surface area contributed by atoms with Gasteiger partial charge in [-0.05, 0) is 30.3 Å². The van der Waals surface area contributed by atoms with Crippen LogP contribution in [0.2, 0.25) is 0 Å². The van der Waals surface area contributed by atoms with E-state index in [9.17, 15) is 4.79 Å². The topological polar surface area (TPSA) is 65.8 Å². The van der Waals surface area contributed by atoms with Crippen LogP contribution in [0.3, 0.4) is 0 Å². The normalized spacial score (nSPS) is 19.1. The minimum Gasteiger partial charge on any atom is -0.497 e. The summed E-state index contributed by atoms with van der Waals surface area (Å²) in [6.07, 6.45) is 1.41. The van der Waals surface area contributed by atoms with E-state index in [0.717, 1.165) is 17.0 Å². The third-order valence-corrected chi connectivity index (χ3v) is 5.11. The van der Waals surface area contributed by atoms with Gasteiger partial charge in [0.15, 0.2) is 11.5 Å². The molecule has 0 bridgehead atoms. The number of aromatic nitrogens is 2. The summed E-state index contributed by atoms with van der Waals surface area (Å²) >= 11 is 0. The van der Waals surface area contributed by atoms with Crippen molar-refractivity contribution in [1.29, 1.82) is 0 Å². The number of rotatable bonds is 3. The van der Waals surface area contributed by atoms with Gasteiger partial charge in [-0.3, -0.25) is 9.48 Å². The number of piperidine rings is 1. The Balaban J connectivity index is 1.48. The van der Waals surface area contributed by atoms with E-state index in [2.05, 4.69) is 5.10 Å². The highest BCUT2D eigenvalue weighted by Gasteiger charge is 2.41. The minimum atomic E-state index is -0.477. The van der Waals surface area contributed by atoms with Crippen LogP contribution in [0.1, 0.15) is 23.3 Å². The Bertz CT molecular complexity index is 784. The average molecular weight is 357 g/mol. The largest absolute Gasteiger partial charge is 0.497 e. The van der Waals surface area contributed by atoms with Crippen molar-refractivity contribution in [3.8, 4) is 17.0 Å². The van der Waals surface area contributed by atoms with Crippen molar-refractivity contribution in [2.45, 2.75) is 18.6 Å². The molecule has 0 unspecified atom stereocenters. The molecule has 2 aliphatic heterocycles. The molecule has 1 aromatic carbocycles. The molecular formula is C19H23N3O4. The Morgan fingerprint density at radius 2 is 1.81 bits per heavy atom. The highest BCUT2D eigenvalue weighted by molar-refractivity contribution is 5.93. The van der Waals surface area contributed by atoms with Crippen LogP contribution in [0.25, 0.3) is 11.3 Å². The fraction of sp³-hybridized carbons (Fsp3) is 0.474. The van der Waals surface area contributed by atoms with Crippen LogP contribution in [-0.4, -0.2) is 59.8 Å². The van der Waals surface area contributed by atoms with Crippen molar-refractivity contribution in [3.05, 3.63) is 36.0 Å². The van der Waals surface area contributed by atoms with E-state index in [4.69, 9.17) is 14.2 Å². The van der Waals surface area contributed by atoms with Gasteiger partial charge < -0.3 is 19.1 Å². The van der Waals surface area contributed by atoms with Crippen molar-refractivity contribution < 1.29 is 19.0 Å². The molecule has 2 aromatic rings. The van der Waals surface area contributed by atoms with E-state index in [-0.39, 0.29) is 5.91 Å². The summed E-state index contributed by atoms with van der Waals surface area (Å²) in [5, 5.41) is 4.43. The average Bonchev–Trinajstić information content (AvgIpc) is 3.29. The van der Waals surface area contributed by atoms with Gasteiger partial charge in [-0.15, -0.1) is 0 Å². The maximum absolute atomic E-state index is 12.8. The van der Waals surface area contributed by atoms with Crippen LogP contribution < -0.4 is 4.74 Å². The summed E-state index contributed by atoms with van der Waals surface area (Å²) in [6.45, 7) is 2.51. The zero-order valence-corrected chi connectivity index (χ0v) is 15.1. The van der Waals surface area contributed by atoms with Gasteiger partial charge in [-0.25, -0.2) is 0 Å². The number of carbonyl (C=O) groups is 1. The van der Waals surface area contributed by atoms with Gasteiger partial charge in [0.1, 0.15) is 5.75 Å². The van der Waals surface area contributed by atoms with E-state index < -0.39 is 5.79 Å². The predicted octanol–water partition coefficient (Wildman–Crippen LogP) is 2.07. The third-order valence-electron chi connectivity index (χ3n) is 5.11. The number of likely N-dealkylation sites (tertiary alicyclic amines) is 1. The van der Waals surface area contributed by atoms with E-state index in [0.29, 0.717) is 44.8 Å². The number of hydrogen-bond donors (Lipinski definition) is 0. The maximum atomic E-state index is 12.8. The summed E-state index contributed by atoms with van der Waals surface area (Å²) in [5.41, 5.74) is 2.35. The van der Waals surface area contributed by atoms with Crippen molar-refractivity contribution in [2.24, 2.45) is 7.05 Å². The van der Waals surface area contributed by atoms with Gasteiger partial charge >= 0.3 is 0 Å². The Kier molecular flexibility index (Phi) is 4.42. The first kappa shape index (κ1) is 17.1. The number of aryl methyl sites for hydroxylation is 1. The van der Waals surface area contributed by atoms with Crippen LogP contribution in [0.5, 0.6) is 5.75 Å². The molecule has 2 saturated heterocycles. The first-order valence-electron chi connectivity index (χ1n) is 8.86. The lowest BCUT2D eigenvalue weighted by Crippen LogP contribution is -2.47. The number of methoxy groups -OCH3 is 1. The van der Waals surface area contributed by atoms with Crippen LogP contribution >= 0.6 is 0 Å². The second-order valence-electron chi connectivity index (χ2n) is 6.67. The summed E-state index contributed by atoms with van der Waals surface area (Å²) in [7, 11) is 3.49. The molecule has 1 spiro atoms. The molecule has 2 aliphatic rings. The molecule has 7 heteroatoms. The number of carbonyl (C=O) groups excluding carboxylic acids is 1. The highest BCUT2D eigenvalue weighted by Crippen LogP contribution is 2.32. The van der Waals surface area contributed by atoms with Crippen LogP contribution in [0, 0.1) is 0 Å². The van der Waals surface area contributed by atoms with Gasteiger partial charge in [-0.1, -0.05) is 0 Å². The minimum absolute atomic E-state index is 0.0480. The van der Waals surface area contributed by atoms with Gasteiger partial charge in [0, 0.05) is 38.5 Å². The van der Waals surface area contributed by atoms with Gasteiger partial charge in [0.25, 0.3) is 5.91 Å². The maximum Gasteiger partial charge on any atom is 0.274 e. The van der Waals surface area contributed by atoms with Gasteiger partial charge in [0.05, 0.1) is 26.0 Å². The molecule has 4 rings (SSSR count). The number of benzene rings is 1. The molecule has 1 amide bonds. The zero-order chi connectivity index (χ0) is 18.1. The molecule has 2 fully saturated rings. The first-order chi connectivity index (χ1) is 12.6. The lowest BCUT2D eigenvalue weighted by molar-refractivity contribution is -0.181. The van der Waals surface area contributed by atoms with Crippen LogP contribution in [-0.2, 0) is 16.5 Å². The smallest absolute Gasteiger partial charge is 0.274 e. The summed E-state index contributed by atoms with van der Waals surface area (Å²) < 4.78 is 18.4. The molecule has 0 saturated carbocycles. The van der Waals surface area contributed by atoms with Gasteiger partial charge in [0.2, 0.25) is 0 Å². The predicted molar refractivity (Wildman–Crippen MR) is 95.0 cm³/mol. The van der Waals surface area contributed by atoms with E-state index in [1.807, 2.05) is 42.3 Å². The fourth-order valence-corrected chi connectivity index (χ4v) is 3.60. The zero-order valence-electron chi connectivity index (χ0n) is 15.1. The van der Waals surface area contributed by atoms with Gasteiger partial charge in [-0.2, -0.15) is 5.10 Å². The van der Waals surface area contributed by atoms with E-state index >= 15 is 0 Å². The molecule has 0 aliphatic carbocycles. The molecule has 0 N–H and O–H groups in total. The Hall–Kier alpha value is -2.38. The number of nitrogens with zero attached hydrogens (tertiary/aromatic N) is 3. The van der Waals surface area contributed by atoms with Crippen molar-refractivity contribution >= 4 is 5.91 Å². The molecule has 0 radical (unpaired) electrons. The molecular weight excluding hydrogens is 334 g/mol. The summed E-state index contributed by atoms with van der Waals surface area (Å²) in [4.78, 5) is 14.7. The lowest BCUT2D eigenvalue weighted by atomic mass is 10.0. The lowest BCUT2D eigenvalue weighted by Gasteiger charge is -2.37. The van der Waals surface area contributed by atoms with E-state index in [1.165, 1.54) is 0 Å². The Morgan fingerprint density at radius 1 is 1.15 bits per heavy atom. The number of hydrogen-bond acceptors (Lipinski definition) is 5. The second kappa shape index (κ2) is 6.74. The fourth-order valence-electron chi connectivity index (χ4n) is 3.60. The van der Waals surface area contributed by atoms with Crippen LogP contribution in [0.4, 0.5) is 0 Å². The Morgan fingerprint density at radius 3 is 2.42 bits per heavy atom. The molecule has 3 heterocycles. The molecule has 0 atom stereocenters. The number of ether oxygens (including phenoxy) is 3. The quantitative estimate of drug-likeness (QED) is 0.841. The number of amides is 1. The summed E-state index contributed by atoms with van der Waals surface area (Å²) in [6, 6.07) is 9.56. The molecule has 138 valence electrons. The van der Waals surface area contributed by atoms with E-state index in [1.54, 1.807) is 11.8 Å². The first-order valence-corrected chi connectivity index (χ1v) is 8.86. The molecule has 26 heavy (non-hydrogen) atoms. The van der Waals surface area contributed by atoms with Crippen molar-refractivity contribution in [3.63, 3.8) is 0 Å². The third kappa shape index (κ3) is 3.08. The SMILES string of the molecule is COc1ccc(-c2cc(C(=O)N3CCC4(CC3)OCCO4)nn2C)cc1. The van der Waals surface area contributed by atoms with Crippen molar-refractivity contribution in [1.82, 2.24) is 14.7 Å². The summed E-state index contributed by atoms with van der Waals surface area (Å²) in [5.74, 6) is 0.272.